The van der Waals surface area contributed by atoms with Crippen LogP contribution in [-0.4, -0.2) is 30.6 Å². The monoisotopic (exact) mass is 356 g/mol. The maximum Gasteiger partial charge on any atom is 0.356 e. The molecule has 0 bridgehead atoms. The molecular weight excluding hydrogens is 332 g/mol. The predicted octanol–water partition coefficient (Wildman–Crippen LogP) is 4.08. The second-order valence-corrected chi connectivity index (χ2v) is 5.79. The van der Waals surface area contributed by atoms with Crippen LogP contribution >= 0.6 is 0 Å². The smallest absolute Gasteiger partial charge is 0.356 e. The van der Waals surface area contributed by atoms with E-state index in [9.17, 15) is 9.59 Å². The largest absolute Gasteiger partial charge is 0.494 e. The number of pyridine rings is 1. The van der Waals surface area contributed by atoms with Crippen LogP contribution < -0.4 is 10.1 Å². The first-order valence-corrected chi connectivity index (χ1v) is 8.73. The zero-order chi connectivity index (χ0) is 18.8. The second-order valence-electron chi connectivity index (χ2n) is 5.79. The van der Waals surface area contributed by atoms with Crippen LogP contribution in [0.2, 0.25) is 0 Å². The molecule has 138 valence electrons. The van der Waals surface area contributed by atoms with Gasteiger partial charge in [-0.15, -0.1) is 0 Å². The number of hydrogen-bond donors (Lipinski definition) is 1. The molecule has 1 amide bonds. The third-order valence-electron chi connectivity index (χ3n) is 3.76. The van der Waals surface area contributed by atoms with Gasteiger partial charge in [-0.05, 0) is 42.8 Å². The van der Waals surface area contributed by atoms with E-state index in [0.717, 1.165) is 12.2 Å². The van der Waals surface area contributed by atoms with E-state index in [0.29, 0.717) is 12.3 Å². The van der Waals surface area contributed by atoms with Crippen LogP contribution in [0.15, 0.2) is 42.5 Å². The topological polar surface area (TPSA) is 77.5 Å². The van der Waals surface area contributed by atoms with E-state index in [-0.39, 0.29) is 11.4 Å². The molecule has 6 heteroatoms. The van der Waals surface area contributed by atoms with Gasteiger partial charge in [-0.3, -0.25) is 4.79 Å². The van der Waals surface area contributed by atoms with Crippen LogP contribution in [0.3, 0.4) is 0 Å². The number of anilines is 1. The molecule has 1 aromatic carbocycles. The van der Waals surface area contributed by atoms with Crippen molar-refractivity contribution in [3.8, 4) is 5.75 Å². The Balaban J connectivity index is 1.90. The van der Waals surface area contributed by atoms with Crippen LogP contribution in [0.5, 0.6) is 5.75 Å². The summed E-state index contributed by atoms with van der Waals surface area (Å²) in [6, 6.07) is 11.8. The molecule has 0 saturated carbocycles. The Hall–Kier alpha value is -2.89. The number of nitrogens with one attached hydrogen (secondary N) is 1. The van der Waals surface area contributed by atoms with Gasteiger partial charge >= 0.3 is 5.97 Å². The second kappa shape index (κ2) is 10.2. The van der Waals surface area contributed by atoms with Crippen molar-refractivity contribution in [2.45, 2.75) is 32.6 Å². The van der Waals surface area contributed by atoms with Crippen LogP contribution in [0, 0.1) is 0 Å². The Bertz CT molecular complexity index is 729. The minimum Gasteiger partial charge on any atom is -0.494 e. The lowest BCUT2D eigenvalue weighted by atomic mass is 10.2. The van der Waals surface area contributed by atoms with Gasteiger partial charge in [0, 0.05) is 5.69 Å². The van der Waals surface area contributed by atoms with Gasteiger partial charge in [0.05, 0.1) is 13.7 Å². The number of carbonyl (C=O) groups is 2. The van der Waals surface area contributed by atoms with Gasteiger partial charge in [0.1, 0.15) is 17.1 Å². The third kappa shape index (κ3) is 5.88. The van der Waals surface area contributed by atoms with Gasteiger partial charge in [0.15, 0.2) is 0 Å². The van der Waals surface area contributed by atoms with E-state index >= 15 is 0 Å². The lowest BCUT2D eigenvalue weighted by Gasteiger charge is -2.08. The fourth-order valence-corrected chi connectivity index (χ4v) is 2.33. The van der Waals surface area contributed by atoms with E-state index in [4.69, 9.17) is 4.74 Å². The number of hydrogen-bond acceptors (Lipinski definition) is 5. The van der Waals surface area contributed by atoms with Crippen LogP contribution in [0.1, 0.15) is 53.6 Å². The minimum atomic E-state index is -0.583. The van der Waals surface area contributed by atoms with Crippen molar-refractivity contribution in [2.75, 3.05) is 19.0 Å². The van der Waals surface area contributed by atoms with Crippen molar-refractivity contribution in [2.24, 2.45) is 0 Å². The van der Waals surface area contributed by atoms with Crippen molar-refractivity contribution in [3.63, 3.8) is 0 Å². The molecule has 2 aromatic rings. The summed E-state index contributed by atoms with van der Waals surface area (Å²) >= 11 is 0. The maximum absolute atomic E-state index is 12.3. The summed E-state index contributed by atoms with van der Waals surface area (Å²) in [6.45, 7) is 2.87. The highest BCUT2D eigenvalue weighted by Crippen LogP contribution is 2.17. The number of ether oxygens (including phenoxy) is 2. The molecule has 0 aliphatic heterocycles. The number of esters is 1. The highest BCUT2D eigenvalue weighted by atomic mass is 16.5. The highest BCUT2D eigenvalue weighted by Gasteiger charge is 2.12. The molecule has 0 unspecified atom stereocenters. The van der Waals surface area contributed by atoms with E-state index in [1.807, 2.05) is 12.1 Å². The van der Waals surface area contributed by atoms with Crippen molar-refractivity contribution in [1.29, 1.82) is 0 Å². The van der Waals surface area contributed by atoms with Gasteiger partial charge in [0.2, 0.25) is 0 Å². The molecule has 0 fully saturated rings. The number of rotatable bonds is 9. The van der Waals surface area contributed by atoms with Gasteiger partial charge in [0.25, 0.3) is 5.91 Å². The van der Waals surface area contributed by atoms with Crippen LogP contribution in [-0.2, 0) is 4.74 Å². The molecule has 0 atom stereocenters. The minimum absolute atomic E-state index is 0.0898. The average molecular weight is 356 g/mol. The summed E-state index contributed by atoms with van der Waals surface area (Å²) in [4.78, 5) is 27.8. The molecular formula is C20H24N2O4. The van der Waals surface area contributed by atoms with Gasteiger partial charge in [-0.2, -0.15) is 0 Å². The number of amides is 1. The Labute approximate surface area is 153 Å². The lowest BCUT2D eigenvalue weighted by molar-refractivity contribution is 0.0594. The molecule has 0 spiro atoms. The number of unbranched alkanes of at least 4 members (excludes halogenated alkanes) is 3. The van der Waals surface area contributed by atoms with Crippen molar-refractivity contribution in [3.05, 3.63) is 53.9 Å². The molecule has 6 nitrogen and oxygen atoms in total. The van der Waals surface area contributed by atoms with E-state index in [1.54, 1.807) is 18.2 Å². The Kier molecular flexibility index (Phi) is 7.61. The van der Waals surface area contributed by atoms with E-state index in [1.165, 1.54) is 38.5 Å². The fraction of sp³-hybridized carbons (Fsp3) is 0.350. The number of aromatic nitrogens is 1. The summed E-state index contributed by atoms with van der Waals surface area (Å²) in [6.07, 6.45) is 4.63. The zero-order valence-corrected chi connectivity index (χ0v) is 15.2. The first-order valence-electron chi connectivity index (χ1n) is 8.73. The zero-order valence-electron chi connectivity index (χ0n) is 15.2. The first-order chi connectivity index (χ1) is 12.6. The average Bonchev–Trinajstić information content (AvgIpc) is 2.68. The summed E-state index contributed by atoms with van der Waals surface area (Å²) < 4.78 is 10.3. The van der Waals surface area contributed by atoms with Crippen LogP contribution in [0.25, 0.3) is 0 Å². The van der Waals surface area contributed by atoms with E-state index < -0.39 is 11.9 Å². The highest BCUT2D eigenvalue weighted by molar-refractivity contribution is 6.03. The normalized spacial score (nSPS) is 10.2. The third-order valence-corrected chi connectivity index (χ3v) is 3.76. The van der Waals surface area contributed by atoms with Crippen molar-refractivity contribution in [1.82, 2.24) is 4.98 Å². The van der Waals surface area contributed by atoms with Crippen molar-refractivity contribution < 1.29 is 19.1 Å². The predicted molar refractivity (Wildman–Crippen MR) is 99.6 cm³/mol. The SMILES string of the molecule is CCCCCCOc1ccc(NC(=O)c2cccc(C(=O)OC)n2)cc1. The Morgan fingerprint density at radius 2 is 1.73 bits per heavy atom. The molecule has 0 aliphatic rings. The van der Waals surface area contributed by atoms with E-state index in [2.05, 4.69) is 22.0 Å². The number of methoxy groups -OCH3 is 1. The molecule has 1 heterocycles. The standard InChI is InChI=1S/C20H24N2O4/c1-3-4-5-6-14-26-16-12-10-15(11-13-16)21-19(23)17-8-7-9-18(22-17)20(24)25-2/h7-13H,3-6,14H2,1-2H3,(H,21,23). The van der Waals surface area contributed by atoms with Crippen molar-refractivity contribution >= 4 is 17.6 Å². The fourth-order valence-electron chi connectivity index (χ4n) is 2.33. The summed E-state index contributed by atoms with van der Waals surface area (Å²) in [7, 11) is 1.27. The lowest BCUT2D eigenvalue weighted by Crippen LogP contribution is -2.15. The maximum atomic E-state index is 12.3. The molecule has 26 heavy (non-hydrogen) atoms. The summed E-state index contributed by atoms with van der Waals surface area (Å²) in [5, 5.41) is 2.74. The number of nitrogens with zero attached hydrogens (tertiary/aromatic N) is 1. The number of benzene rings is 1. The number of carbonyl (C=O) groups excluding carboxylic acids is 2. The summed E-state index contributed by atoms with van der Waals surface area (Å²) in [5.41, 5.74) is 0.856. The van der Waals surface area contributed by atoms with Gasteiger partial charge in [-0.25, -0.2) is 9.78 Å². The molecule has 1 aromatic heterocycles. The quantitative estimate of drug-likeness (QED) is 0.541. The van der Waals surface area contributed by atoms with Gasteiger partial charge in [-0.1, -0.05) is 32.3 Å². The Morgan fingerprint density at radius 3 is 2.42 bits per heavy atom. The molecule has 1 N–H and O–H groups in total. The first kappa shape index (κ1) is 19.4. The molecule has 0 aliphatic carbocycles. The van der Waals surface area contributed by atoms with Gasteiger partial charge < -0.3 is 14.8 Å². The molecule has 0 radical (unpaired) electrons. The molecule has 0 saturated heterocycles. The molecule has 2 rings (SSSR count). The summed E-state index contributed by atoms with van der Waals surface area (Å²) in [5.74, 6) is -0.214. The Morgan fingerprint density at radius 1 is 1.00 bits per heavy atom. The van der Waals surface area contributed by atoms with Crippen LogP contribution in [0.4, 0.5) is 5.69 Å².